The molecule has 0 aromatic heterocycles. The number of allylic oxidation sites excluding steroid dienone is 2. The van der Waals surface area contributed by atoms with Gasteiger partial charge in [-0.05, 0) is 70.7 Å². The van der Waals surface area contributed by atoms with Crippen molar-refractivity contribution in [1.82, 2.24) is 0 Å². The second-order valence-corrected chi connectivity index (χ2v) is 8.62. The zero-order chi connectivity index (χ0) is 20.6. The Labute approximate surface area is 162 Å². The Kier molecular flexibility index (Phi) is 5.12. The van der Waals surface area contributed by atoms with Gasteiger partial charge in [0, 0.05) is 6.26 Å². The molecule has 0 fully saturated rings. The minimum absolute atomic E-state index is 0.0493. The van der Waals surface area contributed by atoms with Crippen molar-refractivity contribution in [2.24, 2.45) is 0 Å². The van der Waals surface area contributed by atoms with Crippen molar-refractivity contribution in [2.45, 2.75) is 18.2 Å². The molecule has 0 saturated carbocycles. The molecule has 146 valence electrons. The van der Waals surface area contributed by atoms with Gasteiger partial charge in [0.15, 0.2) is 21.4 Å². The molecule has 7 heteroatoms. The third-order valence-corrected chi connectivity index (χ3v) is 5.84. The van der Waals surface area contributed by atoms with Crippen molar-refractivity contribution in [2.75, 3.05) is 13.4 Å². The number of ether oxygens (including phenoxy) is 1. The van der Waals surface area contributed by atoms with Crippen LogP contribution in [0.4, 0.5) is 4.39 Å². The maximum absolute atomic E-state index is 14.3. The van der Waals surface area contributed by atoms with Crippen LogP contribution in [0.2, 0.25) is 0 Å². The molecule has 0 unspecified atom stereocenters. The highest BCUT2D eigenvalue weighted by Gasteiger charge is 2.27. The first-order chi connectivity index (χ1) is 13.1. The molecule has 5 nitrogen and oxygen atoms in total. The van der Waals surface area contributed by atoms with E-state index in [0.29, 0.717) is 22.3 Å². The lowest BCUT2D eigenvalue weighted by Gasteiger charge is -2.09. The first kappa shape index (κ1) is 19.8. The summed E-state index contributed by atoms with van der Waals surface area (Å²) in [6, 6.07) is 9.17. The Bertz CT molecular complexity index is 1130. The highest BCUT2D eigenvalue weighted by Crippen LogP contribution is 2.45. The molecule has 2 aromatic carbocycles. The van der Waals surface area contributed by atoms with Gasteiger partial charge in [0.25, 0.3) is 0 Å². The van der Waals surface area contributed by atoms with Gasteiger partial charge < -0.3 is 9.84 Å². The molecule has 28 heavy (non-hydrogen) atoms. The average Bonchev–Trinajstić information content (AvgIpc) is 2.85. The van der Waals surface area contributed by atoms with E-state index in [9.17, 15) is 22.7 Å². The van der Waals surface area contributed by atoms with Gasteiger partial charge in [0.1, 0.15) is 0 Å². The monoisotopic (exact) mass is 402 g/mol. The molecule has 0 heterocycles. The van der Waals surface area contributed by atoms with E-state index in [1.54, 1.807) is 25.1 Å². The highest BCUT2D eigenvalue weighted by atomic mass is 32.2. The van der Waals surface area contributed by atoms with Crippen LogP contribution in [0.1, 0.15) is 30.0 Å². The average molecular weight is 402 g/mol. The number of hydrogen-bond acceptors (Lipinski definition) is 4. The predicted molar refractivity (Wildman–Crippen MR) is 105 cm³/mol. The van der Waals surface area contributed by atoms with Crippen LogP contribution in [0.15, 0.2) is 46.9 Å². The maximum atomic E-state index is 14.3. The molecule has 0 bridgehead atoms. The lowest BCUT2D eigenvalue weighted by molar-refractivity contribution is -0.135. The summed E-state index contributed by atoms with van der Waals surface area (Å²) < 4.78 is 42.6. The summed E-state index contributed by atoms with van der Waals surface area (Å²) in [4.78, 5) is 11.5. The SMILES string of the molecule is COc1cc2c(cc1F)/C(=C\c1ccc(S(C)(=O)=O)cc1)C(C)=C2CC(=O)O. The van der Waals surface area contributed by atoms with E-state index in [1.807, 2.05) is 0 Å². The Hall–Kier alpha value is -2.93. The van der Waals surface area contributed by atoms with Crippen LogP contribution in [-0.2, 0) is 14.6 Å². The molecule has 0 atom stereocenters. The fraction of sp³-hybridized carbons (Fsp3) is 0.190. The second-order valence-electron chi connectivity index (χ2n) is 6.61. The van der Waals surface area contributed by atoms with Crippen molar-refractivity contribution < 1.29 is 27.4 Å². The standard InChI is InChI=1S/C21H19FO5S/c1-12-15(8-13-4-6-14(7-5-13)28(3,25)26)17-9-19(22)20(27-2)10-18(17)16(12)11-21(23)24/h4-10H,11H2,1-3H3,(H,23,24)/b15-8-. The Morgan fingerprint density at radius 3 is 2.36 bits per heavy atom. The number of carboxylic acids is 1. The van der Waals surface area contributed by atoms with Gasteiger partial charge in [0.2, 0.25) is 0 Å². The van der Waals surface area contributed by atoms with E-state index < -0.39 is 21.6 Å². The first-order valence-electron chi connectivity index (χ1n) is 8.44. The Balaban J connectivity index is 2.15. The zero-order valence-corrected chi connectivity index (χ0v) is 16.4. The molecule has 1 N–H and O–H groups in total. The third kappa shape index (κ3) is 3.71. The number of carbonyl (C=O) groups is 1. The number of halogens is 1. The number of benzene rings is 2. The zero-order valence-electron chi connectivity index (χ0n) is 15.6. The lowest BCUT2D eigenvalue weighted by Crippen LogP contribution is -1.98. The number of carboxylic acid groups (broad SMARTS) is 1. The molecule has 1 aliphatic rings. The van der Waals surface area contributed by atoms with Crippen LogP contribution in [0, 0.1) is 5.82 Å². The molecular formula is C21H19FO5S. The largest absolute Gasteiger partial charge is 0.494 e. The van der Waals surface area contributed by atoms with Crippen molar-refractivity contribution in [3.8, 4) is 5.75 Å². The third-order valence-electron chi connectivity index (χ3n) is 4.71. The van der Waals surface area contributed by atoms with Crippen molar-refractivity contribution in [1.29, 1.82) is 0 Å². The van der Waals surface area contributed by atoms with Crippen LogP contribution < -0.4 is 4.74 Å². The molecule has 0 radical (unpaired) electrons. The van der Waals surface area contributed by atoms with E-state index in [-0.39, 0.29) is 17.1 Å². The number of methoxy groups -OCH3 is 1. The number of rotatable bonds is 5. The van der Waals surface area contributed by atoms with Crippen LogP contribution in [0.3, 0.4) is 0 Å². The minimum Gasteiger partial charge on any atom is -0.494 e. The molecule has 2 aromatic rings. The van der Waals surface area contributed by atoms with Gasteiger partial charge >= 0.3 is 5.97 Å². The number of hydrogen-bond donors (Lipinski definition) is 1. The van der Waals surface area contributed by atoms with Crippen LogP contribution in [-0.4, -0.2) is 32.9 Å². The minimum atomic E-state index is -3.30. The van der Waals surface area contributed by atoms with Crippen LogP contribution in [0.5, 0.6) is 5.75 Å². The summed E-state index contributed by atoms with van der Waals surface area (Å²) >= 11 is 0. The van der Waals surface area contributed by atoms with Gasteiger partial charge in [-0.15, -0.1) is 0 Å². The predicted octanol–water partition coefficient (Wildman–Crippen LogP) is 4.04. The number of fused-ring (bicyclic) bond motifs is 1. The summed E-state index contributed by atoms with van der Waals surface area (Å²) in [5.74, 6) is -1.47. The molecule has 0 saturated heterocycles. The summed E-state index contributed by atoms with van der Waals surface area (Å²) in [5, 5.41) is 9.27. The van der Waals surface area contributed by atoms with Crippen LogP contribution in [0.25, 0.3) is 17.2 Å². The summed E-state index contributed by atoms with van der Waals surface area (Å²) in [7, 11) is -1.95. The van der Waals surface area contributed by atoms with E-state index >= 15 is 0 Å². The number of aliphatic carboxylic acids is 1. The molecule has 3 rings (SSSR count). The molecular weight excluding hydrogens is 383 g/mol. The molecule has 0 amide bonds. The van der Waals surface area contributed by atoms with Gasteiger partial charge in [0.05, 0.1) is 18.4 Å². The Morgan fingerprint density at radius 2 is 1.82 bits per heavy atom. The van der Waals surface area contributed by atoms with E-state index in [2.05, 4.69) is 0 Å². The van der Waals surface area contributed by atoms with Crippen molar-refractivity contribution in [3.63, 3.8) is 0 Å². The quantitative estimate of drug-likeness (QED) is 0.816. The summed E-state index contributed by atoms with van der Waals surface area (Å²) in [6.45, 7) is 1.79. The fourth-order valence-corrected chi connectivity index (χ4v) is 3.92. The van der Waals surface area contributed by atoms with E-state index in [4.69, 9.17) is 4.74 Å². The first-order valence-corrected chi connectivity index (χ1v) is 10.3. The highest BCUT2D eigenvalue weighted by molar-refractivity contribution is 7.90. The molecule has 1 aliphatic carbocycles. The maximum Gasteiger partial charge on any atom is 0.307 e. The van der Waals surface area contributed by atoms with Gasteiger partial charge in [-0.3, -0.25) is 4.79 Å². The molecule has 0 spiro atoms. The van der Waals surface area contributed by atoms with Gasteiger partial charge in [-0.25, -0.2) is 12.8 Å². The normalized spacial score (nSPS) is 15.1. The van der Waals surface area contributed by atoms with Crippen molar-refractivity contribution in [3.05, 3.63) is 64.5 Å². The summed E-state index contributed by atoms with van der Waals surface area (Å²) in [5.41, 5.74) is 3.95. The summed E-state index contributed by atoms with van der Waals surface area (Å²) in [6.07, 6.45) is 2.73. The van der Waals surface area contributed by atoms with Crippen LogP contribution >= 0.6 is 0 Å². The smallest absolute Gasteiger partial charge is 0.307 e. The van der Waals surface area contributed by atoms with Crippen molar-refractivity contribution >= 4 is 33.0 Å². The fourth-order valence-electron chi connectivity index (χ4n) is 3.29. The topological polar surface area (TPSA) is 80.7 Å². The van der Waals surface area contributed by atoms with E-state index in [0.717, 1.165) is 17.4 Å². The molecule has 0 aliphatic heterocycles. The number of sulfone groups is 1. The Morgan fingerprint density at radius 1 is 1.18 bits per heavy atom. The van der Waals surface area contributed by atoms with E-state index in [1.165, 1.54) is 31.4 Å². The van der Waals surface area contributed by atoms with Gasteiger partial charge in [-0.1, -0.05) is 12.1 Å². The van der Waals surface area contributed by atoms with Gasteiger partial charge in [-0.2, -0.15) is 0 Å². The second kappa shape index (κ2) is 7.24. The lowest BCUT2D eigenvalue weighted by atomic mass is 10.00.